The zero-order chi connectivity index (χ0) is 12.8. The lowest BCUT2D eigenvalue weighted by Gasteiger charge is -2.06. The van der Waals surface area contributed by atoms with Gasteiger partial charge in [-0.1, -0.05) is 13.0 Å². The summed E-state index contributed by atoms with van der Waals surface area (Å²) in [7, 11) is 0. The van der Waals surface area contributed by atoms with Crippen LogP contribution in [0.2, 0.25) is 0 Å². The predicted octanol–water partition coefficient (Wildman–Crippen LogP) is 3.29. The number of anilines is 1. The van der Waals surface area contributed by atoms with Crippen LogP contribution in [0.25, 0.3) is 0 Å². The molecular weight excluding hydrogens is 224 g/mol. The maximum absolute atomic E-state index is 11.5. The van der Waals surface area contributed by atoms with E-state index < -0.39 is 0 Å². The molecule has 0 bridgehead atoms. The Hall–Kier alpha value is -2.16. The minimum Gasteiger partial charge on any atom is -0.379 e. The molecule has 1 N–H and O–H groups in total. The number of pyridine rings is 1. The molecule has 0 unspecified atom stereocenters. The van der Waals surface area contributed by atoms with Crippen LogP contribution in [0.1, 0.15) is 29.4 Å². The number of hydrogen-bond donors (Lipinski definition) is 1. The topological polar surface area (TPSA) is 42.0 Å². The van der Waals surface area contributed by atoms with E-state index in [0.29, 0.717) is 13.0 Å². The Morgan fingerprint density at radius 3 is 2.56 bits per heavy atom. The lowest BCUT2D eigenvalue weighted by atomic mass is 10.1. The molecule has 0 spiro atoms. The smallest absolute Gasteiger partial charge is 0.162 e. The van der Waals surface area contributed by atoms with Crippen molar-refractivity contribution in [3.05, 3.63) is 59.9 Å². The predicted molar refractivity (Wildman–Crippen MR) is 72.6 cm³/mol. The number of hydrogen-bond acceptors (Lipinski definition) is 3. The molecule has 0 fully saturated rings. The second kappa shape index (κ2) is 5.96. The van der Waals surface area contributed by atoms with Crippen molar-refractivity contribution in [3.8, 4) is 0 Å². The molecule has 3 heteroatoms. The molecular formula is C15H16N2O. The first-order valence-corrected chi connectivity index (χ1v) is 6.06. The first-order chi connectivity index (χ1) is 8.79. The summed E-state index contributed by atoms with van der Waals surface area (Å²) in [6.45, 7) is 2.55. The molecule has 0 aliphatic rings. The molecule has 0 aliphatic carbocycles. The number of nitrogens with one attached hydrogen (secondary N) is 1. The highest BCUT2D eigenvalue weighted by Gasteiger charge is 2.02. The molecule has 1 aromatic carbocycles. The minimum absolute atomic E-state index is 0.172. The lowest BCUT2D eigenvalue weighted by Crippen LogP contribution is -2.02. The minimum atomic E-state index is 0.172. The Morgan fingerprint density at radius 1 is 1.17 bits per heavy atom. The van der Waals surface area contributed by atoms with Crippen molar-refractivity contribution in [1.29, 1.82) is 0 Å². The fourth-order valence-corrected chi connectivity index (χ4v) is 1.67. The summed E-state index contributed by atoms with van der Waals surface area (Å²) >= 11 is 0. The zero-order valence-electron chi connectivity index (χ0n) is 10.4. The summed E-state index contributed by atoms with van der Waals surface area (Å²) in [6.07, 6.45) is 2.32. The van der Waals surface area contributed by atoms with Crippen LogP contribution in [-0.4, -0.2) is 10.8 Å². The zero-order valence-corrected chi connectivity index (χ0v) is 10.4. The van der Waals surface area contributed by atoms with Crippen LogP contribution in [-0.2, 0) is 6.54 Å². The monoisotopic (exact) mass is 240 g/mol. The van der Waals surface area contributed by atoms with Gasteiger partial charge in [0.25, 0.3) is 0 Å². The van der Waals surface area contributed by atoms with Crippen LogP contribution in [0.15, 0.2) is 48.7 Å². The van der Waals surface area contributed by atoms with Crippen molar-refractivity contribution >= 4 is 11.5 Å². The standard InChI is InChI=1S/C15H16N2O/c1-2-15(18)12-6-8-13(9-7-12)17-11-14-5-3-4-10-16-14/h3-10,17H,2,11H2,1H3. The highest BCUT2D eigenvalue weighted by Crippen LogP contribution is 2.12. The van der Waals surface area contributed by atoms with Gasteiger partial charge in [-0.15, -0.1) is 0 Å². The maximum Gasteiger partial charge on any atom is 0.162 e. The number of benzene rings is 1. The third-order valence-electron chi connectivity index (χ3n) is 2.73. The Balaban J connectivity index is 1.97. The molecule has 0 aliphatic heterocycles. The van der Waals surface area contributed by atoms with Crippen molar-refractivity contribution in [2.24, 2.45) is 0 Å². The molecule has 1 heterocycles. The van der Waals surface area contributed by atoms with E-state index >= 15 is 0 Å². The van der Waals surface area contributed by atoms with E-state index in [1.54, 1.807) is 6.20 Å². The van der Waals surface area contributed by atoms with Gasteiger partial charge in [0.15, 0.2) is 5.78 Å². The number of nitrogens with zero attached hydrogens (tertiary/aromatic N) is 1. The first-order valence-electron chi connectivity index (χ1n) is 6.06. The summed E-state index contributed by atoms with van der Waals surface area (Å²) in [5.74, 6) is 0.172. The molecule has 0 radical (unpaired) electrons. The van der Waals surface area contributed by atoms with Gasteiger partial charge in [0, 0.05) is 23.9 Å². The molecule has 0 saturated carbocycles. The normalized spacial score (nSPS) is 10.1. The Kier molecular flexibility index (Phi) is 4.07. The molecule has 2 rings (SSSR count). The average Bonchev–Trinajstić information content (AvgIpc) is 2.46. The number of ketones is 1. The summed E-state index contributed by atoms with van der Waals surface area (Å²) in [5.41, 5.74) is 2.75. The molecule has 3 nitrogen and oxygen atoms in total. The number of aromatic nitrogens is 1. The van der Waals surface area contributed by atoms with Gasteiger partial charge in [0.1, 0.15) is 0 Å². The summed E-state index contributed by atoms with van der Waals surface area (Å²) in [6, 6.07) is 13.4. The lowest BCUT2D eigenvalue weighted by molar-refractivity contribution is 0.0988. The fourth-order valence-electron chi connectivity index (χ4n) is 1.67. The van der Waals surface area contributed by atoms with Crippen molar-refractivity contribution < 1.29 is 4.79 Å². The number of Topliss-reactive ketones (excluding diaryl/α,β-unsaturated/α-hetero) is 1. The van der Waals surface area contributed by atoms with E-state index in [9.17, 15) is 4.79 Å². The van der Waals surface area contributed by atoms with Crippen molar-refractivity contribution in [1.82, 2.24) is 4.98 Å². The summed E-state index contributed by atoms with van der Waals surface area (Å²) < 4.78 is 0. The van der Waals surface area contributed by atoms with Gasteiger partial charge in [0.05, 0.1) is 12.2 Å². The number of carbonyl (C=O) groups excluding carboxylic acids is 1. The SMILES string of the molecule is CCC(=O)c1ccc(NCc2ccccn2)cc1. The molecule has 0 atom stereocenters. The van der Waals surface area contributed by atoms with E-state index in [0.717, 1.165) is 16.9 Å². The van der Waals surface area contributed by atoms with E-state index in [-0.39, 0.29) is 5.78 Å². The molecule has 2 aromatic rings. The van der Waals surface area contributed by atoms with Gasteiger partial charge < -0.3 is 5.32 Å². The third kappa shape index (κ3) is 3.17. The maximum atomic E-state index is 11.5. The second-order valence-corrected chi connectivity index (χ2v) is 4.03. The van der Waals surface area contributed by atoms with Crippen LogP contribution >= 0.6 is 0 Å². The number of rotatable bonds is 5. The summed E-state index contributed by atoms with van der Waals surface area (Å²) in [4.78, 5) is 15.7. The number of carbonyl (C=O) groups is 1. The van der Waals surface area contributed by atoms with Gasteiger partial charge in [-0.2, -0.15) is 0 Å². The quantitative estimate of drug-likeness (QED) is 0.815. The fraction of sp³-hybridized carbons (Fsp3) is 0.200. The summed E-state index contributed by atoms with van der Waals surface area (Å²) in [5, 5.41) is 3.27. The van der Waals surface area contributed by atoms with Crippen LogP contribution in [0, 0.1) is 0 Å². The van der Waals surface area contributed by atoms with Crippen LogP contribution in [0.3, 0.4) is 0 Å². The third-order valence-corrected chi connectivity index (χ3v) is 2.73. The molecule has 18 heavy (non-hydrogen) atoms. The van der Waals surface area contributed by atoms with Gasteiger partial charge in [-0.3, -0.25) is 9.78 Å². The van der Waals surface area contributed by atoms with Crippen LogP contribution < -0.4 is 5.32 Å². The molecule has 1 aromatic heterocycles. The van der Waals surface area contributed by atoms with E-state index in [4.69, 9.17) is 0 Å². The Bertz CT molecular complexity index is 506. The van der Waals surface area contributed by atoms with Crippen molar-refractivity contribution in [2.45, 2.75) is 19.9 Å². The van der Waals surface area contributed by atoms with Gasteiger partial charge >= 0.3 is 0 Å². The van der Waals surface area contributed by atoms with Gasteiger partial charge in [0.2, 0.25) is 0 Å². The Labute approximate surface area is 107 Å². The largest absolute Gasteiger partial charge is 0.379 e. The van der Waals surface area contributed by atoms with Gasteiger partial charge in [-0.25, -0.2) is 0 Å². The highest BCUT2D eigenvalue weighted by molar-refractivity contribution is 5.96. The van der Waals surface area contributed by atoms with E-state index in [1.807, 2.05) is 49.4 Å². The van der Waals surface area contributed by atoms with Gasteiger partial charge in [-0.05, 0) is 36.4 Å². The van der Waals surface area contributed by atoms with E-state index in [1.165, 1.54) is 0 Å². The Morgan fingerprint density at radius 2 is 1.94 bits per heavy atom. The van der Waals surface area contributed by atoms with Crippen LogP contribution in [0.4, 0.5) is 5.69 Å². The molecule has 92 valence electrons. The van der Waals surface area contributed by atoms with Crippen molar-refractivity contribution in [2.75, 3.05) is 5.32 Å². The second-order valence-electron chi connectivity index (χ2n) is 4.03. The highest BCUT2D eigenvalue weighted by atomic mass is 16.1. The molecule has 0 saturated heterocycles. The van der Waals surface area contributed by atoms with E-state index in [2.05, 4.69) is 10.3 Å². The van der Waals surface area contributed by atoms with Crippen LogP contribution in [0.5, 0.6) is 0 Å². The molecule has 0 amide bonds. The average molecular weight is 240 g/mol. The van der Waals surface area contributed by atoms with Crippen molar-refractivity contribution in [3.63, 3.8) is 0 Å². The first kappa shape index (κ1) is 12.3.